The summed E-state index contributed by atoms with van der Waals surface area (Å²) >= 11 is 1.24. The van der Waals surface area contributed by atoms with Crippen LogP contribution in [0.4, 0.5) is 4.39 Å². The van der Waals surface area contributed by atoms with E-state index in [-0.39, 0.29) is 25.7 Å². The lowest BCUT2D eigenvalue weighted by Crippen LogP contribution is -2.47. The molecule has 5 rings (SSSR count). The van der Waals surface area contributed by atoms with Gasteiger partial charge in [0.05, 0.1) is 32.3 Å². The molecular weight excluding hydrogens is 565 g/mol. The van der Waals surface area contributed by atoms with Crippen LogP contribution in [0, 0.1) is 12.7 Å². The first-order valence-corrected chi connectivity index (χ1v) is 14.6. The Morgan fingerprint density at radius 3 is 2.60 bits per heavy atom. The van der Waals surface area contributed by atoms with E-state index in [1.54, 1.807) is 41.9 Å². The highest BCUT2D eigenvalue weighted by Crippen LogP contribution is 2.34. The Morgan fingerprint density at radius 1 is 1.17 bits per heavy atom. The Bertz CT molecular complexity index is 1690. The van der Waals surface area contributed by atoms with Crippen LogP contribution in [0.2, 0.25) is 0 Å². The average Bonchev–Trinajstić information content (AvgIpc) is 3.76. The third-order valence-corrected chi connectivity index (χ3v) is 8.89. The van der Waals surface area contributed by atoms with Crippen molar-refractivity contribution in [1.29, 1.82) is 0 Å². The third kappa shape index (κ3) is 5.51. The van der Waals surface area contributed by atoms with Crippen molar-refractivity contribution in [1.82, 2.24) is 23.8 Å². The number of carbonyl (C=O) groups is 1. The van der Waals surface area contributed by atoms with Crippen molar-refractivity contribution in [2.45, 2.75) is 45.4 Å². The highest BCUT2D eigenvalue weighted by atomic mass is 32.1. The smallest absolute Gasteiger partial charge is 0.332 e. The van der Waals surface area contributed by atoms with E-state index in [1.165, 1.54) is 48.3 Å². The fourth-order valence-corrected chi connectivity index (χ4v) is 6.66. The van der Waals surface area contributed by atoms with Crippen LogP contribution in [0.3, 0.4) is 0 Å². The normalized spacial score (nSPS) is 14.9. The maximum absolute atomic E-state index is 14.5. The molecule has 0 spiro atoms. The van der Waals surface area contributed by atoms with Gasteiger partial charge in [-0.1, -0.05) is 11.3 Å². The number of nitrogens with zero attached hydrogens (tertiary/aromatic N) is 5. The Hall–Kier alpha value is -3.81. The number of rotatable bonds is 11. The van der Waals surface area contributed by atoms with Crippen LogP contribution in [-0.4, -0.2) is 70.2 Å². The van der Waals surface area contributed by atoms with Crippen LogP contribution in [0.5, 0.6) is 5.75 Å². The van der Waals surface area contributed by atoms with Crippen molar-refractivity contribution >= 4 is 27.5 Å². The molecule has 0 radical (unpaired) electrons. The van der Waals surface area contributed by atoms with E-state index < -0.39 is 29.2 Å². The van der Waals surface area contributed by atoms with Gasteiger partial charge in [0.25, 0.3) is 5.56 Å². The molecule has 4 aromatic rings. The quantitative estimate of drug-likeness (QED) is 0.243. The molecule has 11 nitrogen and oxygen atoms in total. The maximum atomic E-state index is 14.5. The lowest BCUT2D eigenvalue weighted by atomic mass is 10.1. The van der Waals surface area contributed by atoms with Gasteiger partial charge in [-0.2, -0.15) is 5.10 Å². The number of methoxy groups -OCH3 is 2. The molecule has 2 atom stereocenters. The first-order valence-electron chi connectivity index (χ1n) is 13.8. The summed E-state index contributed by atoms with van der Waals surface area (Å²) in [5, 5.41) is 5.30. The third-order valence-electron chi connectivity index (χ3n) is 7.59. The first-order chi connectivity index (χ1) is 20.3. The number of likely N-dealkylation sites (tertiary alicyclic amines) is 1. The predicted octanol–water partition coefficient (Wildman–Crippen LogP) is 3.45. The van der Waals surface area contributed by atoms with Gasteiger partial charge in [-0.15, -0.1) is 0 Å². The SMILES string of the molecule is COCCOC(Cn1c(=O)n(C(C)C(=O)N2CCCC2)c(=O)c2c(C)c(-n3cccn3)sc21)c1cc(F)ccc1OC. The van der Waals surface area contributed by atoms with Gasteiger partial charge in [0.1, 0.15) is 33.5 Å². The number of halogens is 1. The van der Waals surface area contributed by atoms with E-state index in [2.05, 4.69) is 5.10 Å². The monoisotopic (exact) mass is 599 g/mol. The lowest BCUT2D eigenvalue weighted by molar-refractivity contribution is -0.133. The summed E-state index contributed by atoms with van der Waals surface area (Å²) in [6.07, 6.45) is 4.29. The molecule has 42 heavy (non-hydrogen) atoms. The second-order valence-corrected chi connectivity index (χ2v) is 11.2. The van der Waals surface area contributed by atoms with Gasteiger partial charge in [-0.3, -0.25) is 14.2 Å². The van der Waals surface area contributed by atoms with E-state index in [0.717, 1.165) is 17.4 Å². The van der Waals surface area contributed by atoms with Crippen molar-refractivity contribution in [3.8, 4) is 10.8 Å². The van der Waals surface area contributed by atoms with E-state index >= 15 is 0 Å². The first kappa shape index (κ1) is 29.7. The number of aryl methyl sites for hydroxylation is 1. The van der Waals surface area contributed by atoms with Crippen LogP contribution in [0.15, 0.2) is 46.2 Å². The molecule has 1 amide bonds. The molecular formula is C29H34FN5O6S. The van der Waals surface area contributed by atoms with Gasteiger partial charge >= 0.3 is 5.69 Å². The number of hydrogen-bond donors (Lipinski definition) is 0. The summed E-state index contributed by atoms with van der Waals surface area (Å²) in [4.78, 5) is 43.8. The zero-order valence-electron chi connectivity index (χ0n) is 24.0. The van der Waals surface area contributed by atoms with Crippen molar-refractivity contribution in [2.75, 3.05) is 40.5 Å². The number of fused-ring (bicyclic) bond motifs is 1. The van der Waals surface area contributed by atoms with Crippen LogP contribution in [0.25, 0.3) is 15.2 Å². The zero-order valence-corrected chi connectivity index (χ0v) is 24.9. The van der Waals surface area contributed by atoms with Gasteiger partial charge in [-0.25, -0.2) is 18.4 Å². The largest absolute Gasteiger partial charge is 0.496 e. The fourth-order valence-electron chi connectivity index (χ4n) is 5.41. The van der Waals surface area contributed by atoms with Crippen LogP contribution in [-0.2, 0) is 20.8 Å². The standard InChI is InChI=1S/C29H34FN5O6S/c1-18-24-26(37)35(19(2)25(36)32-11-5-6-12-32)29(38)33(28(24)42-27(18)34-13-7-10-31-34)17-23(41-15-14-39-3)21-16-20(30)8-9-22(21)40-4/h7-10,13,16,19,23H,5-6,11-12,14-15,17H2,1-4H3. The number of amides is 1. The molecule has 3 aromatic heterocycles. The lowest BCUT2D eigenvalue weighted by Gasteiger charge is -2.24. The average molecular weight is 600 g/mol. The van der Waals surface area contributed by atoms with Gasteiger partial charge in [-0.05, 0) is 51.0 Å². The van der Waals surface area contributed by atoms with E-state index in [9.17, 15) is 18.8 Å². The fraction of sp³-hybridized carbons (Fsp3) is 0.448. The summed E-state index contributed by atoms with van der Waals surface area (Å²) in [7, 11) is 3.01. The molecule has 0 aliphatic carbocycles. The number of aromatic nitrogens is 4. The van der Waals surface area contributed by atoms with Crippen molar-refractivity contribution < 1.29 is 23.4 Å². The summed E-state index contributed by atoms with van der Waals surface area (Å²) in [6.45, 7) is 4.89. The Morgan fingerprint density at radius 2 is 1.93 bits per heavy atom. The highest BCUT2D eigenvalue weighted by Gasteiger charge is 2.31. The molecule has 224 valence electrons. The number of hydrogen-bond acceptors (Lipinski definition) is 8. The number of thiophene rings is 1. The molecule has 1 aromatic carbocycles. The van der Waals surface area contributed by atoms with Crippen molar-refractivity contribution in [2.24, 2.45) is 0 Å². The second-order valence-electron chi connectivity index (χ2n) is 10.2. The number of carbonyl (C=O) groups excluding carboxylic acids is 1. The van der Waals surface area contributed by atoms with Gasteiger partial charge < -0.3 is 19.1 Å². The molecule has 1 fully saturated rings. The molecule has 0 bridgehead atoms. The predicted molar refractivity (Wildman–Crippen MR) is 156 cm³/mol. The molecule has 13 heteroatoms. The molecule has 0 saturated carbocycles. The minimum Gasteiger partial charge on any atom is -0.496 e. The molecule has 1 aliphatic heterocycles. The molecule has 0 N–H and O–H groups in total. The highest BCUT2D eigenvalue weighted by molar-refractivity contribution is 7.21. The van der Waals surface area contributed by atoms with Gasteiger partial charge in [0.15, 0.2) is 0 Å². The number of ether oxygens (including phenoxy) is 3. The van der Waals surface area contributed by atoms with Crippen LogP contribution in [0.1, 0.15) is 43.0 Å². The summed E-state index contributed by atoms with van der Waals surface area (Å²) < 4.78 is 35.4. The van der Waals surface area contributed by atoms with Crippen molar-refractivity contribution in [3.63, 3.8) is 0 Å². The van der Waals surface area contributed by atoms with Crippen molar-refractivity contribution in [3.05, 3.63) is 74.4 Å². The summed E-state index contributed by atoms with van der Waals surface area (Å²) in [6, 6.07) is 4.83. The minimum absolute atomic E-state index is 0.0811. The Balaban J connectivity index is 1.72. The molecule has 1 aliphatic rings. The minimum atomic E-state index is -1.03. The second kappa shape index (κ2) is 12.6. The van der Waals surface area contributed by atoms with Crippen LogP contribution >= 0.6 is 11.3 Å². The molecule has 1 saturated heterocycles. The Kier molecular flexibility index (Phi) is 8.90. The molecule has 4 heterocycles. The van der Waals surface area contributed by atoms with E-state index in [1.807, 2.05) is 0 Å². The maximum Gasteiger partial charge on any atom is 0.332 e. The van der Waals surface area contributed by atoms with E-state index in [0.29, 0.717) is 45.2 Å². The number of benzene rings is 1. The summed E-state index contributed by atoms with van der Waals surface area (Å²) in [5.41, 5.74) is -0.171. The molecule has 2 unspecified atom stereocenters. The Labute approximate surface area is 245 Å². The summed E-state index contributed by atoms with van der Waals surface area (Å²) in [5.74, 6) is -0.391. The zero-order chi connectivity index (χ0) is 30.0. The topological polar surface area (TPSA) is 110 Å². The van der Waals surface area contributed by atoms with Crippen LogP contribution < -0.4 is 16.0 Å². The van der Waals surface area contributed by atoms with Gasteiger partial charge in [0.2, 0.25) is 5.91 Å². The van der Waals surface area contributed by atoms with Gasteiger partial charge in [0, 0.05) is 43.7 Å². The van der Waals surface area contributed by atoms with E-state index in [4.69, 9.17) is 14.2 Å².